The number of ether oxygens (including phenoxy) is 3. The fourth-order valence-corrected chi connectivity index (χ4v) is 5.06. The number of carbonyl (C=O) groups excluding carboxylic acids is 1. The highest BCUT2D eigenvalue weighted by Crippen LogP contribution is 2.39. The Labute approximate surface area is 170 Å². The molecule has 0 aromatic heterocycles. The summed E-state index contributed by atoms with van der Waals surface area (Å²) in [6.45, 7) is 1.65. The molecule has 0 radical (unpaired) electrons. The van der Waals surface area contributed by atoms with E-state index in [0.29, 0.717) is 28.6 Å². The van der Waals surface area contributed by atoms with E-state index in [9.17, 15) is 13.2 Å². The van der Waals surface area contributed by atoms with Crippen LogP contribution in [0.15, 0.2) is 42.5 Å². The molecule has 0 saturated carbocycles. The molecule has 1 aliphatic heterocycles. The first-order chi connectivity index (χ1) is 13.8. The quantitative estimate of drug-likeness (QED) is 0.772. The lowest BCUT2D eigenvalue weighted by Gasteiger charge is -2.25. The summed E-state index contributed by atoms with van der Waals surface area (Å²) >= 11 is 0. The summed E-state index contributed by atoms with van der Waals surface area (Å²) in [5, 5.41) is 2.70. The molecule has 1 fully saturated rings. The third kappa shape index (κ3) is 3.57. The van der Waals surface area contributed by atoms with Gasteiger partial charge in [-0.1, -0.05) is 0 Å². The van der Waals surface area contributed by atoms with Crippen LogP contribution in [-0.2, 0) is 14.8 Å². The van der Waals surface area contributed by atoms with E-state index in [1.54, 1.807) is 42.5 Å². The molecule has 1 heterocycles. The predicted molar refractivity (Wildman–Crippen MR) is 110 cm³/mol. The molecule has 0 bridgehead atoms. The van der Waals surface area contributed by atoms with Crippen LogP contribution in [0.2, 0.25) is 0 Å². The maximum absolute atomic E-state index is 13.2. The zero-order valence-electron chi connectivity index (χ0n) is 16.8. The van der Waals surface area contributed by atoms with Crippen molar-refractivity contribution in [3.8, 4) is 17.2 Å². The Morgan fingerprint density at radius 3 is 2.21 bits per heavy atom. The van der Waals surface area contributed by atoms with E-state index in [1.165, 1.54) is 32.6 Å². The van der Waals surface area contributed by atoms with E-state index in [4.69, 9.17) is 14.2 Å². The minimum atomic E-state index is -3.94. The Hall–Kier alpha value is -2.94. The maximum Gasteiger partial charge on any atom is 0.249 e. The van der Waals surface area contributed by atoms with Gasteiger partial charge >= 0.3 is 0 Å². The summed E-state index contributed by atoms with van der Waals surface area (Å²) in [5.41, 5.74) is 0.863. The Morgan fingerprint density at radius 2 is 1.62 bits per heavy atom. The van der Waals surface area contributed by atoms with E-state index >= 15 is 0 Å². The molecule has 1 saturated heterocycles. The van der Waals surface area contributed by atoms with Crippen LogP contribution in [0.4, 0.5) is 11.4 Å². The van der Waals surface area contributed by atoms with E-state index in [2.05, 4.69) is 5.32 Å². The zero-order chi connectivity index (χ0) is 21.2. The van der Waals surface area contributed by atoms with Crippen molar-refractivity contribution in [2.24, 2.45) is 0 Å². The van der Waals surface area contributed by atoms with Gasteiger partial charge in [-0.05, 0) is 49.7 Å². The smallest absolute Gasteiger partial charge is 0.249 e. The molecule has 1 aliphatic rings. The van der Waals surface area contributed by atoms with E-state index in [0.717, 1.165) is 0 Å². The van der Waals surface area contributed by atoms with Gasteiger partial charge in [-0.25, -0.2) is 8.42 Å². The Balaban J connectivity index is 1.87. The van der Waals surface area contributed by atoms with Crippen molar-refractivity contribution in [2.75, 3.05) is 37.5 Å². The molecule has 2 aromatic rings. The van der Waals surface area contributed by atoms with Crippen LogP contribution < -0.4 is 23.8 Å². The topological polar surface area (TPSA) is 94.2 Å². The van der Waals surface area contributed by atoms with Gasteiger partial charge in [-0.3, -0.25) is 9.10 Å². The number of sulfonamides is 1. The molecule has 8 nitrogen and oxygen atoms in total. The minimum absolute atomic E-state index is 0.158. The van der Waals surface area contributed by atoms with Crippen LogP contribution in [-0.4, -0.2) is 46.9 Å². The third-order valence-corrected chi connectivity index (χ3v) is 7.65. The van der Waals surface area contributed by atoms with Crippen molar-refractivity contribution in [3.05, 3.63) is 42.5 Å². The number of benzene rings is 2. The number of nitrogens with zero attached hydrogens (tertiary/aromatic N) is 1. The third-order valence-electron chi connectivity index (χ3n) is 5.15. The second-order valence-electron chi connectivity index (χ2n) is 6.78. The summed E-state index contributed by atoms with van der Waals surface area (Å²) in [5.74, 6) is 0.948. The normalized spacial score (nSPS) is 20.2. The van der Waals surface area contributed by atoms with E-state index < -0.39 is 20.7 Å². The first kappa shape index (κ1) is 20.8. The van der Waals surface area contributed by atoms with Crippen LogP contribution in [0.25, 0.3) is 0 Å². The van der Waals surface area contributed by atoms with Gasteiger partial charge in [0.05, 0.1) is 32.7 Å². The van der Waals surface area contributed by atoms with Crippen LogP contribution in [0, 0.1) is 0 Å². The number of anilines is 2. The van der Waals surface area contributed by atoms with Crippen molar-refractivity contribution in [3.63, 3.8) is 0 Å². The number of nitrogens with one attached hydrogen (secondary N) is 1. The average Bonchev–Trinajstić information content (AvgIpc) is 2.98. The fourth-order valence-electron chi connectivity index (χ4n) is 3.21. The molecule has 1 N–H and O–H groups in total. The molecule has 1 unspecified atom stereocenters. The van der Waals surface area contributed by atoms with Crippen molar-refractivity contribution < 1.29 is 27.4 Å². The van der Waals surface area contributed by atoms with Crippen molar-refractivity contribution in [2.45, 2.75) is 18.1 Å². The largest absolute Gasteiger partial charge is 0.497 e. The number of hydrogen-bond donors (Lipinski definition) is 1. The molecule has 29 heavy (non-hydrogen) atoms. The van der Waals surface area contributed by atoms with Gasteiger partial charge in [0.2, 0.25) is 15.9 Å². The standard InChI is InChI=1S/C20H24N2O6S/c1-20(19(23)21-17-10-9-16(27-3)13-18(17)28-4)11-12-22(29(20,24)25)14-5-7-15(26-2)8-6-14/h5-10,13H,11-12H2,1-4H3,(H,21,23). The van der Waals surface area contributed by atoms with Crippen LogP contribution in [0.1, 0.15) is 13.3 Å². The lowest BCUT2D eigenvalue weighted by atomic mass is 10.1. The molecule has 2 aromatic carbocycles. The lowest BCUT2D eigenvalue weighted by Crippen LogP contribution is -2.47. The monoisotopic (exact) mass is 420 g/mol. The lowest BCUT2D eigenvalue weighted by molar-refractivity contribution is -0.118. The summed E-state index contributed by atoms with van der Waals surface area (Å²) in [6, 6.07) is 11.6. The van der Waals surface area contributed by atoms with Gasteiger partial charge in [-0.15, -0.1) is 0 Å². The van der Waals surface area contributed by atoms with Crippen LogP contribution in [0.5, 0.6) is 17.2 Å². The van der Waals surface area contributed by atoms with Gasteiger partial charge in [0, 0.05) is 12.6 Å². The minimum Gasteiger partial charge on any atom is -0.497 e. The van der Waals surface area contributed by atoms with E-state index in [1.807, 2.05) is 0 Å². The van der Waals surface area contributed by atoms with Gasteiger partial charge in [0.25, 0.3) is 0 Å². The molecule has 0 spiro atoms. The molecular formula is C20H24N2O6S. The number of amides is 1. The summed E-state index contributed by atoms with van der Waals surface area (Å²) in [4.78, 5) is 13.0. The Kier molecular flexibility index (Phi) is 5.61. The Morgan fingerprint density at radius 1 is 1.00 bits per heavy atom. The molecular weight excluding hydrogens is 396 g/mol. The predicted octanol–water partition coefficient (Wildman–Crippen LogP) is 2.65. The highest BCUT2D eigenvalue weighted by atomic mass is 32.2. The number of rotatable bonds is 6. The fraction of sp³-hybridized carbons (Fsp3) is 0.350. The SMILES string of the molecule is COc1ccc(N2CCC(C)(C(=O)Nc3ccc(OC)cc3OC)S2(=O)=O)cc1. The number of methoxy groups -OCH3 is 3. The second-order valence-corrected chi connectivity index (χ2v) is 9.07. The highest BCUT2D eigenvalue weighted by Gasteiger charge is 2.54. The first-order valence-electron chi connectivity index (χ1n) is 8.96. The zero-order valence-corrected chi connectivity index (χ0v) is 17.6. The van der Waals surface area contributed by atoms with Gasteiger partial charge in [0.15, 0.2) is 4.75 Å². The van der Waals surface area contributed by atoms with Crippen molar-refractivity contribution in [1.82, 2.24) is 0 Å². The average molecular weight is 420 g/mol. The van der Waals surface area contributed by atoms with Gasteiger partial charge in [-0.2, -0.15) is 0 Å². The molecule has 9 heteroatoms. The Bertz CT molecular complexity index is 1010. The van der Waals surface area contributed by atoms with E-state index in [-0.39, 0.29) is 13.0 Å². The molecule has 1 amide bonds. The van der Waals surface area contributed by atoms with Gasteiger partial charge in [0.1, 0.15) is 17.2 Å². The van der Waals surface area contributed by atoms with Crippen LogP contribution >= 0.6 is 0 Å². The molecule has 0 aliphatic carbocycles. The highest BCUT2D eigenvalue weighted by molar-refractivity contribution is 7.95. The number of hydrogen-bond acceptors (Lipinski definition) is 6. The van der Waals surface area contributed by atoms with Crippen LogP contribution in [0.3, 0.4) is 0 Å². The first-order valence-corrected chi connectivity index (χ1v) is 10.4. The number of carbonyl (C=O) groups is 1. The summed E-state index contributed by atoms with van der Waals surface area (Å²) in [7, 11) is 0.584. The summed E-state index contributed by atoms with van der Waals surface area (Å²) < 4.78 is 41.7. The molecule has 3 rings (SSSR count). The summed E-state index contributed by atoms with van der Waals surface area (Å²) in [6.07, 6.45) is 0.158. The van der Waals surface area contributed by atoms with Gasteiger partial charge < -0.3 is 19.5 Å². The maximum atomic E-state index is 13.2. The molecule has 156 valence electrons. The second kappa shape index (κ2) is 7.82. The van der Waals surface area contributed by atoms with Crippen molar-refractivity contribution >= 4 is 27.3 Å². The van der Waals surface area contributed by atoms with Crippen molar-refractivity contribution in [1.29, 1.82) is 0 Å². The molecule has 1 atom stereocenters.